The Morgan fingerprint density at radius 3 is 2.83 bits per heavy atom. The van der Waals surface area contributed by atoms with E-state index in [0.29, 0.717) is 22.5 Å². The Kier molecular flexibility index (Phi) is 5.30. The van der Waals surface area contributed by atoms with E-state index >= 15 is 0 Å². The van der Waals surface area contributed by atoms with Gasteiger partial charge in [-0.2, -0.15) is 5.10 Å². The average molecular weight is 427 g/mol. The second-order valence-electron chi connectivity index (χ2n) is 7.43. The van der Waals surface area contributed by atoms with Gasteiger partial charge in [-0.1, -0.05) is 17.7 Å². The molecule has 0 saturated carbocycles. The van der Waals surface area contributed by atoms with Gasteiger partial charge in [-0.05, 0) is 55.3 Å². The van der Waals surface area contributed by atoms with E-state index in [1.165, 1.54) is 6.07 Å². The molecule has 0 fully saturated rings. The lowest BCUT2D eigenvalue weighted by Gasteiger charge is -2.28. The molecule has 1 aromatic heterocycles. The van der Waals surface area contributed by atoms with Crippen molar-refractivity contribution < 1.29 is 14.0 Å². The van der Waals surface area contributed by atoms with Crippen LogP contribution in [0, 0.1) is 12.7 Å². The molecule has 0 radical (unpaired) electrons. The Hall–Kier alpha value is -3.19. The summed E-state index contributed by atoms with van der Waals surface area (Å²) in [6.45, 7) is 3.63. The standard InChI is InChI=1S/C22H20ClFN4O2/c1-11-16(18(10-21(29)25-11)15-5-3-13(23)7-19(15)24)9-22(30)26-14-4-6-20-17(8-14)12(2)27-28-20/h3-8,18H,9-10H2,1-2H3,(H,25,29)(H,26,30)(H,27,28). The van der Waals surface area contributed by atoms with Crippen molar-refractivity contribution in [2.45, 2.75) is 32.6 Å². The minimum atomic E-state index is -0.527. The van der Waals surface area contributed by atoms with Gasteiger partial charge in [-0.3, -0.25) is 14.7 Å². The number of carbonyl (C=O) groups is 2. The highest BCUT2D eigenvalue weighted by Gasteiger charge is 2.30. The van der Waals surface area contributed by atoms with E-state index in [1.54, 1.807) is 25.1 Å². The first-order valence-corrected chi connectivity index (χ1v) is 9.88. The maximum absolute atomic E-state index is 14.6. The Morgan fingerprint density at radius 1 is 1.27 bits per heavy atom. The fourth-order valence-corrected chi connectivity index (χ4v) is 4.00. The smallest absolute Gasteiger partial charge is 0.228 e. The van der Waals surface area contributed by atoms with Crippen molar-refractivity contribution in [3.63, 3.8) is 0 Å². The van der Waals surface area contributed by atoms with Crippen molar-refractivity contribution >= 4 is 40.0 Å². The number of aromatic nitrogens is 2. The van der Waals surface area contributed by atoms with Crippen molar-refractivity contribution in [3.05, 3.63) is 69.8 Å². The lowest BCUT2D eigenvalue weighted by molar-refractivity contribution is -0.121. The number of rotatable bonds is 4. The van der Waals surface area contributed by atoms with Crippen LogP contribution in [0.2, 0.25) is 5.02 Å². The van der Waals surface area contributed by atoms with Crippen LogP contribution in [-0.4, -0.2) is 22.0 Å². The third-order valence-electron chi connectivity index (χ3n) is 5.34. The SMILES string of the molecule is CC1=C(CC(=O)Nc2ccc3n[nH]c(C)c3c2)C(c2ccc(Cl)cc2F)CC(=O)N1. The summed E-state index contributed by atoms with van der Waals surface area (Å²) < 4.78 is 14.6. The molecule has 30 heavy (non-hydrogen) atoms. The van der Waals surface area contributed by atoms with Gasteiger partial charge in [0.2, 0.25) is 11.8 Å². The summed E-state index contributed by atoms with van der Waals surface area (Å²) in [6.07, 6.45) is 0.0972. The van der Waals surface area contributed by atoms with E-state index in [0.717, 1.165) is 16.6 Å². The fourth-order valence-electron chi connectivity index (χ4n) is 3.84. The first kappa shape index (κ1) is 20.1. The highest BCUT2D eigenvalue weighted by Crippen LogP contribution is 2.36. The van der Waals surface area contributed by atoms with Gasteiger partial charge in [0.25, 0.3) is 0 Å². The summed E-state index contributed by atoms with van der Waals surface area (Å²) in [7, 11) is 0. The van der Waals surface area contributed by atoms with E-state index in [2.05, 4.69) is 20.8 Å². The molecule has 1 aliphatic rings. The number of allylic oxidation sites excluding steroid dienone is 1. The maximum atomic E-state index is 14.6. The number of aromatic amines is 1. The Labute approximate surface area is 177 Å². The summed E-state index contributed by atoms with van der Waals surface area (Å²) in [4.78, 5) is 24.9. The number of amides is 2. The third-order valence-corrected chi connectivity index (χ3v) is 5.57. The van der Waals surface area contributed by atoms with Crippen LogP contribution >= 0.6 is 11.6 Å². The summed E-state index contributed by atoms with van der Waals surface area (Å²) >= 11 is 5.87. The number of anilines is 1. The molecule has 8 heteroatoms. The first-order valence-electron chi connectivity index (χ1n) is 9.51. The largest absolute Gasteiger partial charge is 0.330 e. The van der Waals surface area contributed by atoms with Crippen LogP contribution in [0.1, 0.15) is 36.9 Å². The Morgan fingerprint density at radius 2 is 2.07 bits per heavy atom. The van der Waals surface area contributed by atoms with Crippen LogP contribution in [-0.2, 0) is 9.59 Å². The van der Waals surface area contributed by atoms with Gasteiger partial charge in [0.15, 0.2) is 0 Å². The molecule has 0 aliphatic carbocycles. The van der Waals surface area contributed by atoms with Gasteiger partial charge in [0, 0.05) is 39.8 Å². The van der Waals surface area contributed by atoms with Crippen molar-refractivity contribution in [1.82, 2.24) is 15.5 Å². The van der Waals surface area contributed by atoms with Crippen molar-refractivity contribution in [1.29, 1.82) is 0 Å². The van der Waals surface area contributed by atoms with E-state index in [1.807, 2.05) is 19.1 Å². The molecule has 3 aromatic rings. The van der Waals surface area contributed by atoms with Crippen molar-refractivity contribution in [2.24, 2.45) is 0 Å². The molecule has 2 heterocycles. The highest BCUT2D eigenvalue weighted by atomic mass is 35.5. The van der Waals surface area contributed by atoms with Crippen LogP contribution in [0.25, 0.3) is 10.9 Å². The van der Waals surface area contributed by atoms with E-state index in [4.69, 9.17) is 11.6 Å². The highest BCUT2D eigenvalue weighted by molar-refractivity contribution is 6.30. The third kappa shape index (κ3) is 3.93. The zero-order valence-corrected chi connectivity index (χ0v) is 17.2. The number of carbonyl (C=O) groups excluding carboxylic acids is 2. The summed E-state index contributed by atoms with van der Waals surface area (Å²) in [5.41, 5.74) is 3.97. The minimum Gasteiger partial charge on any atom is -0.330 e. The molecule has 154 valence electrons. The van der Waals surface area contributed by atoms with Crippen LogP contribution < -0.4 is 10.6 Å². The number of hydrogen-bond acceptors (Lipinski definition) is 3. The molecule has 1 aliphatic heterocycles. The zero-order valence-electron chi connectivity index (χ0n) is 16.5. The monoisotopic (exact) mass is 426 g/mol. The van der Waals surface area contributed by atoms with E-state index in [-0.39, 0.29) is 29.7 Å². The molecular weight excluding hydrogens is 407 g/mol. The molecule has 0 bridgehead atoms. The van der Waals surface area contributed by atoms with E-state index in [9.17, 15) is 14.0 Å². The lowest BCUT2D eigenvalue weighted by atomic mass is 9.82. The number of H-pyrrole nitrogens is 1. The lowest BCUT2D eigenvalue weighted by Crippen LogP contribution is -2.32. The summed E-state index contributed by atoms with van der Waals surface area (Å²) in [5.74, 6) is -1.48. The predicted octanol–water partition coefficient (Wildman–Crippen LogP) is 4.57. The molecule has 2 aromatic carbocycles. The molecule has 1 unspecified atom stereocenters. The van der Waals surface area contributed by atoms with Crippen LogP contribution in [0.5, 0.6) is 0 Å². The fraction of sp³-hybridized carbons (Fsp3) is 0.227. The zero-order chi connectivity index (χ0) is 21.4. The molecule has 0 saturated heterocycles. The summed E-state index contributed by atoms with van der Waals surface area (Å²) in [5, 5.41) is 13.9. The van der Waals surface area contributed by atoms with Gasteiger partial charge < -0.3 is 10.6 Å². The quantitative estimate of drug-likeness (QED) is 0.571. The molecule has 3 N–H and O–H groups in total. The van der Waals surface area contributed by atoms with Gasteiger partial charge in [-0.15, -0.1) is 0 Å². The summed E-state index contributed by atoms with van der Waals surface area (Å²) in [6, 6.07) is 9.83. The Balaban J connectivity index is 1.59. The number of hydrogen-bond donors (Lipinski definition) is 3. The van der Waals surface area contributed by atoms with Crippen molar-refractivity contribution in [2.75, 3.05) is 5.32 Å². The number of nitrogens with zero attached hydrogens (tertiary/aromatic N) is 1. The average Bonchev–Trinajstić information content (AvgIpc) is 3.04. The number of aryl methyl sites for hydroxylation is 1. The predicted molar refractivity (Wildman–Crippen MR) is 114 cm³/mol. The van der Waals surface area contributed by atoms with Crippen LogP contribution in [0.4, 0.5) is 10.1 Å². The second-order valence-corrected chi connectivity index (χ2v) is 7.86. The van der Waals surface area contributed by atoms with Gasteiger partial charge in [-0.25, -0.2) is 4.39 Å². The first-order chi connectivity index (χ1) is 14.3. The molecule has 0 spiro atoms. The van der Waals surface area contributed by atoms with Gasteiger partial charge in [0.05, 0.1) is 11.9 Å². The molecule has 6 nitrogen and oxygen atoms in total. The van der Waals surface area contributed by atoms with Crippen molar-refractivity contribution in [3.8, 4) is 0 Å². The number of benzene rings is 2. The number of nitrogens with one attached hydrogen (secondary N) is 3. The van der Waals surface area contributed by atoms with Crippen LogP contribution in [0.3, 0.4) is 0 Å². The van der Waals surface area contributed by atoms with E-state index < -0.39 is 11.7 Å². The molecular formula is C22H20ClFN4O2. The second kappa shape index (κ2) is 7.91. The normalized spacial score (nSPS) is 16.7. The molecule has 2 amide bonds. The molecule has 4 rings (SSSR count). The van der Waals surface area contributed by atoms with Crippen LogP contribution in [0.15, 0.2) is 47.7 Å². The minimum absolute atomic E-state index is 0.0290. The van der Waals surface area contributed by atoms with Gasteiger partial charge >= 0.3 is 0 Å². The number of fused-ring (bicyclic) bond motifs is 1. The topological polar surface area (TPSA) is 86.9 Å². The Bertz CT molecular complexity index is 1200. The molecule has 1 atom stereocenters. The maximum Gasteiger partial charge on any atom is 0.228 e. The van der Waals surface area contributed by atoms with Gasteiger partial charge in [0.1, 0.15) is 5.82 Å². The number of halogens is 2.